The van der Waals surface area contributed by atoms with E-state index in [-0.39, 0.29) is 11.5 Å². The summed E-state index contributed by atoms with van der Waals surface area (Å²) in [4.78, 5) is 21.9. The Hall–Kier alpha value is -2.43. The lowest BCUT2D eigenvalue weighted by Crippen LogP contribution is -2.07. The number of nitro groups is 1. The van der Waals surface area contributed by atoms with Crippen molar-refractivity contribution < 1.29 is 14.1 Å². The Balaban J connectivity index is 1.98. The normalized spacial score (nSPS) is 14.2. The van der Waals surface area contributed by atoms with E-state index in [1.807, 2.05) is 0 Å². The number of fused-ring (bicyclic) bond motifs is 1. The fourth-order valence-corrected chi connectivity index (χ4v) is 2.28. The molecule has 1 aliphatic rings. The molecule has 0 aliphatic heterocycles. The fourth-order valence-electron chi connectivity index (χ4n) is 2.28. The molecule has 19 heavy (non-hydrogen) atoms. The highest BCUT2D eigenvalue weighted by Gasteiger charge is 2.22. The molecule has 0 spiro atoms. The number of ketones is 1. The summed E-state index contributed by atoms with van der Waals surface area (Å²) in [6.45, 7) is 0. The van der Waals surface area contributed by atoms with Crippen LogP contribution in [0.4, 0.5) is 5.69 Å². The maximum atomic E-state index is 11.7. The van der Waals surface area contributed by atoms with Crippen LogP contribution < -0.4 is 0 Å². The van der Waals surface area contributed by atoms with Gasteiger partial charge in [-0.25, -0.2) is 0 Å². The summed E-state index contributed by atoms with van der Waals surface area (Å²) in [5.41, 5.74) is 1.43. The van der Waals surface area contributed by atoms with Crippen molar-refractivity contribution in [3.63, 3.8) is 0 Å². The molecule has 0 N–H and O–H groups in total. The molecule has 0 saturated heterocycles. The summed E-state index contributed by atoms with van der Waals surface area (Å²) < 4.78 is 5.67. The highest BCUT2D eigenvalue weighted by Crippen LogP contribution is 2.31. The molecule has 0 fully saturated rings. The maximum absolute atomic E-state index is 11.7. The minimum atomic E-state index is -0.444. The molecule has 5 nitrogen and oxygen atoms in total. The molecular formula is C14H11NO4. The molecule has 1 heterocycles. The van der Waals surface area contributed by atoms with Gasteiger partial charge in [0.25, 0.3) is 5.69 Å². The summed E-state index contributed by atoms with van der Waals surface area (Å²) in [7, 11) is 0. The molecule has 1 aliphatic carbocycles. The van der Waals surface area contributed by atoms with E-state index in [2.05, 4.69) is 0 Å². The average Bonchev–Trinajstić information content (AvgIpc) is 2.84. The molecule has 0 amide bonds. The second-order valence-corrected chi connectivity index (χ2v) is 4.53. The first-order valence-electron chi connectivity index (χ1n) is 6.06. The fraction of sp³-hybridized carbons (Fsp3) is 0.214. The number of nitro benzene ring substituents is 1. The number of carbonyl (C=O) groups excluding carboxylic acids is 1. The van der Waals surface area contributed by atoms with Crippen LogP contribution in [0.1, 0.15) is 29.0 Å². The molecule has 5 heteroatoms. The maximum Gasteiger partial charge on any atom is 0.269 e. The van der Waals surface area contributed by atoms with Gasteiger partial charge in [-0.05, 0) is 24.6 Å². The highest BCUT2D eigenvalue weighted by molar-refractivity contribution is 5.98. The Morgan fingerprint density at radius 1 is 1.16 bits per heavy atom. The van der Waals surface area contributed by atoms with Crippen molar-refractivity contribution in [2.45, 2.75) is 19.3 Å². The molecular weight excluding hydrogens is 246 g/mol. The summed E-state index contributed by atoms with van der Waals surface area (Å²) >= 11 is 0. The predicted molar refractivity (Wildman–Crippen MR) is 68.1 cm³/mol. The monoisotopic (exact) mass is 257 g/mol. The number of non-ortho nitro benzene ring substituents is 1. The molecule has 1 aromatic heterocycles. The van der Waals surface area contributed by atoms with Crippen molar-refractivity contribution in [1.29, 1.82) is 0 Å². The first-order chi connectivity index (χ1) is 9.15. The summed E-state index contributed by atoms with van der Waals surface area (Å²) in [6.07, 6.45) is 2.15. The van der Waals surface area contributed by atoms with Crippen molar-refractivity contribution in [2.24, 2.45) is 0 Å². The van der Waals surface area contributed by atoms with Gasteiger partial charge >= 0.3 is 0 Å². The number of nitrogens with zero attached hydrogens (tertiary/aromatic N) is 1. The molecule has 2 aromatic rings. The zero-order valence-electron chi connectivity index (χ0n) is 10.1. The molecule has 0 radical (unpaired) electrons. The van der Waals surface area contributed by atoms with Crippen LogP contribution in [0.3, 0.4) is 0 Å². The van der Waals surface area contributed by atoms with E-state index in [0.717, 1.165) is 24.2 Å². The molecule has 0 unspecified atom stereocenters. The van der Waals surface area contributed by atoms with Crippen LogP contribution >= 0.6 is 0 Å². The van der Waals surface area contributed by atoms with Crippen LogP contribution in [0.5, 0.6) is 0 Å². The lowest BCUT2D eigenvalue weighted by atomic mass is 9.97. The second-order valence-electron chi connectivity index (χ2n) is 4.53. The number of carbonyl (C=O) groups is 1. The SMILES string of the molecule is O=C1CCCc2oc(-c3ccc([N+](=O)[O-])cc3)cc21. The van der Waals surface area contributed by atoms with Gasteiger partial charge in [0.1, 0.15) is 11.5 Å². The number of Topliss-reactive ketones (excluding diaryl/α,β-unsaturated/α-hetero) is 1. The zero-order chi connectivity index (χ0) is 13.4. The number of rotatable bonds is 2. The molecule has 0 atom stereocenters. The lowest BCUT2D eigenvalue weighted by molar-refractivity contribution is -0.384. The van der Waals surface area contributed by atoms with Gasteiger partial charge in [-0.1, -0.05) is 0 Å². The Bertz CT molecular complexity index is 655. The van der Waals surface area contributed by atoms with Crippen molar-refractivity contribution in [2.75, 3.05) is 0 Å². The number of furan rings is 1. The number of hydrogen-bond donors (Lipinski definition) is 0. The molecule has 0 saturated carbocycles. The van der Waals surface area contributed by atoms with Gasteiger partial charge in [-0.15, -0.1) is 0 Å². The van der Waals surface area contributed by atoms with Crippen molar-refractivity contribution in [1.82, 2.24) is 0 Å². The largest absolute Gasteiger partial charge is 0.460 e. The summed E-state index contributed by atoms with van der Waals surface area (Å²) in [5, 5.41) is 10.6. The third kappa shape index (κ3) is 2.03. The minimum absolute atomic E-state index is 0.0381. The first kappa shape index (κ1) is 11.6. The van der Waals surface area contributed by atoms with Gasteiger partial charge in [0.15, 0.2) is 5.78 Å². The molecule has 96 valence electrons. The number of aryl methyl sites for hydroxylation is 1. The summed E-state index contributed by atoms with van der Waals surface area (Å²) in [5.74, 6) is 1.43. The van der Waals surface area contributed by atoms with Gasteiger partial charge in [0, 0.05) is 30.5 Å². The van der Waals surface area contributed by atoms with Crippen LogP contribution in [-0.2, 0) is 6.42 Å². The smallest absolute Gasteiger partial charge is 0.269 e. The van der Waals surface area contributed by atoms with Crippen LogP contribution in [0.2, 0.25) is 0 Å². The number of hydrogen-bond acceptors (Lipinski definition) is 4. The van der Waals surface area contributed by atoms with Gasteiger partial charge in [0.05, 0.1) is 10.5 Å². The standard InChI is InChI=1S/C14H11NO4/c16-12-2-1-3-13-11(12)8-14(19-13)9-4-6-10(7-5-9)15(17)18/h4-8H,1-3H2. The molecule has 3 rings (SSSR count). The summed E-state index contributed by atoms with van der Waals surface area (Å²) in [6, 6.07) is 7.86. The van der Waals surface area contributed by atoms with E-state index in [1.165, 1.54) is 12.1 Å². The highest BCUT2D eigenvalue weighted by atomic mass is 16.6. The Morgan fingerprint density at radius 3 is 2.53 bits per heavy atom. The van der Waals surface area contributed by atoms with Gasteiger partial charge < -0.3 is 4.42 Å². The average molecular weight is 257 g/mol. The van der Waals surface area contributed by atoms with Crippen LogP contribution in [0.15, 0.2) is 34.7 Å². The minimum Gasteiger partial charge on any atom is -0.460 e. The van der Waals surface area contributed by atoms with Crippen molar-refractivity contribution in [3.05, 3.63) is 51.8 Å². The Morgan fingerprint density at radius 2 is 1.89 bits per heavy atom. The lowest BCUT2D eigenvalue weighted by Gasteiger charge is -2.06. The van der Waals surface area contributed by atoms with Crippen LogP contribution in [-0.4, -0.2) is 10.7 Å². The topological polar surface area (TPSA) is 73.3 Å². The van der Waals surface area contributed by atoms with E-state index in [9.17, 15) is 14.9 Å². The molecule has 1 aromatic carbocycles. The zero-order valence-corrected chi connectivity index (χ0v) is 10.1. The van der Waals surface area contributed by atoms with E-state index in [0.29, 0.717) is 17.7 Å². The third-order valence-corrected chi connectivity index (χ3v) is 3.28. The van der Waals surface area contributed by atoms with Gasteiger partial charge in [-0.2, -0.15) is 0 Å². The Kier molecular flexibility index (Phi) is 2.67. The third-order valence-electron chi connectivity index (χ3n) is 3.28. The van der Waals surface area contributed by atoms with Crippen molar-refractivity contribution >= 4 is 11.5 Å². The quantitative estimate of drug-likeness (QED) is 0.610. The van der Waals surface area contributed by atoms with E-state index < -0.39 is 4.92 Å². The van der Waals surface area contributed by atoms with E-state index >= 15 is 0 Å². The van der Waals surface area contributed by atoms with Crippen LogP contribution in [0, 0.1) is 10.1 Å². The van der Waals surface area contributed by atoms with Gasteiger partial charge in [0.2, 0.25) is 0 Å². The number of benzene rings is 1. The second kappa shape index (κ2) is 4.35. The Labute approximate surface area is 109 Å². The van der Waals surface area contributed by atoms with E-state index in [1.54, 1.807) is 18.2 Å². The predicted octanol–water partition coefficient (Wildman–Crippen LogP) is 3.37. The first-order valence-corrected chi connectivity index (χ1v) is 6.06. The molecule has 0 bridgehead atoms. The van der Waals surface area contributed by atoms with E-state index in [4.69, 9.17) is 4.42 Å². The van der Waals surface area contributed by atoms with Crippen LogP contribution in [0.25, 0.3) is 11.3 Å². The van der Waals surface area contributed by atoms with Crippen molar-refractivity contribution in [3.8, 4) is 11.3 Å². The van der Waals surface area contributed by atoms with Gasteiger partial charge in [-0.3, -0.25) is 14.9 Å².